The highest BCUT2D eigenvalue weighted by atomic mass is 16.2. The first kappa shape index (κ1) is 19.4. The Labute approximate surface area is 169 Å². The van der Waals surface area contributed by atoms with Crippen LogP contribution in [0, 0.1) is 19.8 Å². The number of amides is 3. The molecule has 0 saturated carbocycles. The van der Waals surface area contributed by atoms with E-state index in [1.54, 1.807) is 10.9 Å². The minimum Gasteiger partial charge on any atom is -0.340 e. The van der Waals surface area contributed by atoms with Gasteiger partial charge >= 0.3 is 6.03 Å². The number of hydrogen-bond donors (Lipinski definition) is 2. The van der Waals surface area contributed by atoms with Crippen molar-refractivity contribution in [2.24, 2.45) is 5.92 Å². The molecule has 2 aliphatic heterocycles. The molecule has 0 unspecified atom stereocenters. The molecule has 29 heavy (non-hydrogen) atoms. The van der Waals surface area contributed by atoms with Crippen LogP contribution >= 0.6 is 0 Å². The molecule has 2 aromatic rings. The summed E-state index contributed by atoms with van der Waals surface area (Å²) in [5.41, 5.74) is 0.574. The van der Waals surface area contributed by atoms with Crippen LogP contribution in [0.4, 0.5) is 4.79 Å². The van der Waals surface area contributed by atoms with Crippen LogP contribution in [0.3, 0.4) is 0 Å². The number of nitrogens with one attached hydrogen (secondary N) is 2. The molecule has 2 N–H and O–H groups in total. The first-order valence-corrected chi connectivity index (χ1v) is 9.98. The average Bonchev–Trinajstić information content (AvgIpc) is 3.37. The fourth-order valence-electron chi connectivity index (χ4n) is 4.42. The van der Waals surface area contributed by atoms with Gasteiger partial charge in [-0.05, 0) is 33.3 Å². The number of carbonyl (C=O) groups is 2. The number of aryl methyl sites for hydroxylation is 2. The standard InChI is InChI=1S/C19H28N8O2/c1-12(2)21-18(29)26-8-15-7-25(16(28)9-27-6-13(3)5-20-27)10-19(15,11-26)17-22-14(4)23-24-17/h5-6,12,15H,7-11H2,1-4H3,(H,21,29)(H,22,23,24)/t15-,19-/m1/s1. The quantitative estimate of drug-likeness (QED) is 0.774. The number of hydrogen-bond acceptors (Lipinski definition) is 5. The van der Waals surface area contributed by atoms with E-state index in [1.165, 1.54) is 0 Å². The van der Waals surface area contributed by atoms with E-state index in [0.29, 0.717) is 32.0 Å². The molecule has 2 aromatic heterocycles. The Kier molecular flexibility index (Phi) is 4.79. The third-order valence-electron chi connectivity index (χ3n) is 5.76. The Hall–Kier alpha value is -2.91. The van der Waals surface area contributed by atoms with E-state index in [1.807, 2.05) is 43.7 Å². The second-order valence-electron chi connectivity index (χ2n) is 8.57. The van der Waals surface area contributed by atoms with E-state index in [4.69, 9.17) is 0 Å². The van der Waals surface area contributed by atoms with Crippen LogP contribution in [0.2, 0.25) is 0 Å². The predicted octanol–water partition coefficient (Wildman–Crippen LogP) is 0.448. The maximum Gasteiger partial charge on any atom is 0.317 e. The molecule has 4 rings (SSSR count). The summed E-state index contributed by atoms with van der Waals surface area (Å²) in [4.78, 5) is 33.8. The number of likely N-dealkylation sites (tertiary alicyclic amines) is 2. The van der Waals surface area contributed by atoms with Crippen LogP contribution in [0.15, 0.2) is 12.4 Å². The molecule has 0 spiro atoms. The third-order valence-corrected chi connectivity index (χ3v) is 5.76. The summed E-state index contributed by atoms with van der Waals surface area (Å²) in [5, 5.41) is 14.5. The maximum absolute atomic E-state index is 12.9. The molecule has 0 radical (unpaired) electrons. The summed E-state index contributed by atoms with van der Waals surface area (Å²) in [7, 11) is 0. The van der Waals surface area contributed by atoms with Crippen LogP contribution in [0.25, 0.3) is 0 Å². The molecule has 2 saturated heterocycles. The van der Waals surface area contributed by atoms with Gasteiger partial charge in [-0.2, -0.15) is 10.2 Å². The molecule has 0 aromatic carbocycles. The largest absolute Gasteiger partial charge is 0.340 e. The van der Waals surface area contributed by atoms with Crippen LogP contribution in [0.1, 0.15) is 31.1 Å². The van der Waals surface area contributed by atoms with Gasteiger partial charge in [0.1, 0.15) is 12.4 Å². The van der Waals surface area contributed by atoms with E-state index in [0.717, 1.165) is 11.4 Å². The van der Waals surface area contributed by atoms with Crippen molar-refractivity contribution in [2.45, 2.75) is 45.7 Å². The van der Waals surface area contributed by atoms with Gasteiger partial charge in [0.15, 0.2) is 5.82 Å². The molecule has 3 amide bonds. The van der Waals surface area contributed by atoms with Crippen LogP contribution in [-0.4, -0.2) is 78.9 Å². The van der Waals surface area contributed by atoms with Crippen LogP contribution < -0.4 is 5.32 Å². The number of H-pyrrole nitrogens is 1. The second kappa shape index (κ2) is 7.16. The molecular formula is C19H28N8O2. The Morgan fingerprint density at radius 3 is 2.62 bits per heavy atom. The highest BCUT2D eigenvalue weighted by Gasteiger charge is 2.57. The lowest BCUT2D eigenvalue weighted by Crippen LogP contribution is -2.46. The molecule has 2 fully saturated rings. The zero-order valence-corrected chi connectivity index (χ0v) is 17.3. The van der Waals surface area contributed by atoms with Crippen molar-refractivity contribution >= 4 is 11.9 Å². The lowest BCUT2D eigenvalue weighted by molar-refractivity contribution is -0.131. The SMILES string of the molecule is Cc1cnn(CC(=O)N2C[C@@H]3CN(C(=O)NC(C)C)C[C@]3(c3n[nH]c(C)n3)C2)c1. The van der Waals surface area contributed by atoms with Gasteiger partial charge in [0.05, 0.1) is 11.6 Å². The molecule has 10 heteroatoms. The van der Waals surface area contributed by atoms with E-state index in [2.05, 4.69) is 25.6 Å². The molecule has 0 aliphatic carbocycles. The smallest absolute Gasteiger partial charge is 0.317 e. The second-order valence-corrected chi connectivity index (χ2v) is 8.57. The van der Waals surface area contributed by atoms with Crippen molar-refractivity contribution in [3.63, 3.8) is 0 Å². The number of rotatable bonds is 4. The van der Waals surface area contributed by atoms with E-state index in [9.17, 15) is 9.59 Å². The van der Waals surface area contributed by atoms with Gasteiger partial charge in [-0.15, -0.1) is 0 Å². The lowest BCUT2D eigenvalue weighted by atomic mass is 9.80. The minimum absolute atomic E-state index is 0.0207. The first-order valence-electron chi connectivity index (χ1n) is 9.98. The highest BCUT2D eigenvalue weighted by molar-refractivity contribution is 5.78. The zero-order chi connectivity index (χ0) is 20.8. The number of aromatic nitrogens is 5. The van der Waals surface area contributed by atoms with Crippen molar-refractivity contribution in [3.05, 3.63) is 29.6 Å². The summed E-state index contributed by atoms with van der Waals surface area (Å²) in [6.45, 7) is 10.1. The molecule has 10 nitrogen and oxygen atoms in total. The van der Waals surface area contributed by atoms with E-state index in [-0.39, 0.29) is 30.4 Å². The van der Waals surface area contributed by atoms with Crippen LogP contribution in [-0.2, 0) is 16.8 Å². The molecule has 156 valence electrons. The van der Waals surface area contributed by atoms with Gasteiger partial charge < -0.3 is 15.1 Å². The predicted molar refractivity (Wildman–Crippen MR) is 105 cm³/mol. The van der Waals surface area contributed by atoms with Gasteiger partial charge in [0, 0.05) is 44.3 Å². The number of fused-ring (bicyclic) bond motifs is 1. The fraction of sp³-hybridized carbons (Fsp3) is 0.632. The van der Waals surface area contributed by atoms with Crippen molar-refractivity contribution < 1.29 is 9.59 Å². The van der Waals surface area contributed by atoms with Gasteiger partial charge in [-0.1, -0.05) is 0 Å². The monoisotopic (exact) mass is 400 g/mol. The lowest BCUT2D eigenvalue weighted by Gasteiger charge is -2.27. The fourth-order valence-corrected chi connectivity index (χ4v) is 4.42. The minimum atomic E-state index is -0.450. The van der Waals surface area contributed by atoms with Crippen molar-refractivity contribution in [2.75, 3.05) is 26.2 Å². The summed E-state index contributed by atoms with van der Waals surface area (Å²) >= 11 is 0. The topological polar surface area (TPSA) is 112 Å². The highest BCUT2D eigenvalue weighted by Crippen LogP contribution is 2.43. The molecular weight excluding hydrogens is 372 g/mol. The molecule has 4 heterocycles. The Balaban J connectivity index is 1.55. The van der Waals surface area contributed by atoms with Gasteiger partial charge in [-0.25, -0.2) is 9.78 Å². The maximum atomic E-state index is 12.9. The summed E-state index contributed by atoms with van der Waals surface area (Å²) in [6.07, 6.45) is 3.61. The van der Waals surface area contributed by atoms with Crippen LogP contribution in [0.5, 0.6) is 0 Å². The molecule has 0 bridgehead atoms. The van der Waals surface area contributed by atoms with Gasteiger partial charge in [0.25, 0.3) is 0 Å². The summed E-state index contributed by atoms with van der Waals surface area (Å²) in [6, 6.07) is -0.00817. The van der Waals surface area contributed by atoms with Gasteiger partial charge in [-0.3, -0.25) is 14.6 Å². The zero-order valence-electron chi connectivity index (χ0n) is 17.3. The summed E-state index contributed by atoms with van der Waals surface area (Å²) < 4.78 is 1.66. The van der Waals surface area contributed by atoms with Crippen molar-refractivity contribution in [1.82, 2.24) is 40.1 Å². The summed E-state index contributed by atoms with van der Waals surface area (Å²) in [5.74, 6) is 1.53. The molecule has 2 atom stereocenters. The van der Waals surface area contributed by atoms with E-state index < -0.39 is 5.41 Å². The average molecular weight is 400 g/mol. The van der Waals surface area contributed by atoms with Gasteiger partial charge in [0.2, 0.25) is 5.91 Å². The Morgan fingerprint density at radius 2 is 2.00 bits per heavy atom. The Morgan fingerprint density at radius 1 is 1.28 bits per heavy atom. The number of urea groups is 1. The van der Waals surface area contributed by atoms with Crippen molar-refractivity contribution in [1.29, 1.82) is 0 Å². The normalized spacial score (nSPS) is 23.7. The number of aromatic amines is 1. The molecule has 2 aliphatic rings. The third kappa shape index (κ3) is 3.58. The Bertz CT molecular complexity index is 919. The van der Waals surface area contributed by atoms with Crippen molar-refractivity contribution in [3.8, 4) is 0 Å². The first-order chi connectivity index (χ1) is 13.8. The van der Waals surface area contributed by atoms with E-state index >= 15 is 0 Å². The number of nitrogens with zero attached hydrogens (tertiary/aromatic N) is 6. The number of carbonyl (C=O) groups excluding carboxylic acids is 2.